The number of carbonyl (C=O) groups is 1. The van der Waals surface area contributed by atoms with Gasteiger partial charge in [-0.25, -0.2) is 0 Å². The Labute approximate surface area is 67.2 Å². The topological polar surface area (TPSA) is 49.3 Å². The first kappa shape index (κ1) is 12.4. The fourth-order valence-electron chi connectivity index (χ4n) is 0.661. The Hall–Kier alpha value is -0.280. The molecule has 0 unspecified atom stereocenters. The molecular formula is C6H14ClNO2. The van der Waals surface area contributed by atoms with Crippen molar-refractivity contribution in [3.63, 3.8) is 0 Å². The van der Waals surface area contributed by atoms with Crippen LogP contribution in [0.25, 0.3) is 0 Å². The van der Waals surface area contributed by atoms with Crippen molar-refractivity contribution in [1.82, 2.24) is 5.32 Å². The highest BCUT2D eigenvalue weighted by Gasteiger charge is 2.06. The Bertz CT molecular complexity index is 93.7. The highest BCUT2D eigenvalue weighted by atomic mass is 35.5. The summed E-state index contributed by atoms with van der Waals surface area (Å²) in [6.45, 7) is 1.96. The van der Waals surface area contributed by atoms with Crippen molar-refractivity contribution in [3.8, 4) is 0 Å². The van der Waals surface area contributed by atoms with E-state index in [0.717, 1.165) is 6.42 Å². The van der Waals surface area contributed by atoms with E-state index in [2.05, 4.69) is 5.32 Å². The van der Waals surface area contributed by atoms with Crippen LogP contribution in [0.15, 0.2) is 0 Å². The van der Waals surface area contributed by atoms with Crippen molar-refractivity contribution in [2.24, 2.45) is 0 Å². The van der Waals surface area contributed by atoms with E-state index in [4.69, 9.17) is 5.11 Å². The number of nitrogens with one attached hydrogen (secondary N) is 1. The quantitative estimate of drug-likeness (QED) is 0.654. The summed E-state index contributed by atoms with van der Waals surface area (Å²) < 4.78 is 0. The summed E-state index contributed by atoms with van der Waals surface area (Å²) >= 11 is 0. The molecule has 0 saturated carbocycles. The number of carboxylic acid groups (broad SMARTS) is 1. The minimum Gasteiger partial charge on any atom is -0.481 e. The van der Waals surface area contributed by atoms with E-state index in [-0.39, 0.29) is 24.9 Å². The van der Waals surface area contributed by atoms with Crippen LogP contribution >= 0.6 is 12.4 Å². The van der Waals surface area contributed by atoms with Gasteiger partial charge in [-0.05, 0) is 13.5 Å². The van der Waals surface area contributed by atoms with E-state index in [1.807, 2.05) is 6.92 Å². The molecule has 1 atom stereocenters. The zero-order chi connectivity index (χ0) is 7.28. The number of rotatable bonds is 4. The summed E-state index contributed by atoms with van der Waals surface area (Å²) in [5, 5.41) is 11.2. The van der Waals surface area contributed by atoms with Gasteiger partial charge in [0.25, 0.3) is 0 Å². The fraction of sp³-hybridized carbons (Fsp3) is 0.833. The Kier molecular flexibility index (Phi) is 8.48. The largest absolute Gasteiger partial charge is 0.481 e. The van der Waals surface area contributed by atoms with Gasteiger partial charge in [0, 0.05) is 6.04 Å². The second-order valence-electron chi connectivity index (χ2n) is 1.99. The zero-order valence-corrected chi connectivity index (χ0v) is 7.07. The molecule has 3 nitrogen and oxygen atoms in total. The molecule has 4 heteroatoms. The van der Waals surface area contributed by atoms with Gasteiger partial charge in [-0.2, -0.15) is 0 Å². The van der Waals surface area contributed by atoms with Crippen LogP contribution in [0, 0.1) is 0 Å². The van der Waals surface area contributed by atoms with Crippen molar-refractivity contribution in [2.45, 2.75) is 25.8 Å². The maximum Gasteiger partial charge on any atom is 0.304 e. The molecule has 2 N–H and O–H groups in total. The van der Waals surface area contributed by atoms with Gasteiger partial charge in [-0.3, -0.25) is 4.79 Å². The lowest BCUT2D eigenvalue weighted by Gasteiger charge is -2.08. The van der Waals surface area contributed by atoms with Crippen LogP contribution in [0.2, 0.25) is 0 Å². The van der Waals surface area contributed by atoms with Gasteiger partial charge in [0.15, 0.2) is 0 Å². The first-order valence-corrected chi connectivity index (χ1v) is 3.09. The van der Waals surface area contributed by atoms with Gasteiger partial charge in [-0.1, -0.05) is 6.92 Å². The van der Waals surface area contributed by atoms with Gasteiger partial charge in [0.2, 0.25) is 0 Å². The average molecular weight is 168 g/mol. The summed E-state index contributed by atoms with van der Waals surface area (Å²) in [6, 6.07) is 0.127. The lowest BCUT2D eigenvalue weighted by atomic mass is 10.1. The molecule has 0 spiro atoms. The average Bonchev–Trinajstić information content (AvgIpc) is 1.82. The van der Waals surface area contributed by atoms with Crippen molar-refractivity contribution < 1.29 is 9.90 Å². The Morgan fingerprint density at radius 3 is 2.30 bits per heavy atom. The molecule has 0 aromatic heterocycles. The van der Waals surface area contributed by atoms with Gasteiger partial charge < -0.3 is 10.4 Å². The smallest absolute Gasteiger partial charge is 0.304 e. The van der Waals surface area contributed by atoms with Crippen LogP contribution in [-0.2, 0) is 4.79 Å². The second-order valence-corrected chi connectivity index (χ2v) is 1.99. The normalized spacial score (nSPS) is 11.8. The molecule has 0 amide bonds. The van der Waals surface area contributed by atoms with Gasteiger partial charge in [0.05, 0.1) is 6.42 Å². The number of halogens is 1. The lowest BCUT2D eigenvalue weighted by Crippen LogP contribution is -2.26. The van der Waals surface area contributed by atoms with Crippen LogP contribution in [0.1, 0.15) is 19.8 Å². The molecule has 0 bridgehead atoms. The molecule has 0 aliphatic heterocycles. The highest BCUT2D eigenvalue weighted by molar-refractivity contribution is 5.85. The van der Waals surface area contributed by atoms with Crippen molar-refractivity contribution in [3.05, 3.63) is 0 Å². The highest BCUT2D eigenvalue weighted by Crippen LogP contribution is 1.94. The number of carboxylic acids is 1. The minimum atomic E-state index is -0.740. The number of aliphatic carboxylic acids is 1. The third-order valence-corrected chi connectivity index (χ3v) is 1.32. The van der Waals surface area contributed by atoms with Gasteiger partial charge >= 0.3 is 5.97 Å². The SMILES string of the molecule is CC[C@@H](CC(=O)O)NC.Cl. The molecule has 0 aromatic carbocycles. The van der Waals surface area contributed by atoms with E-state index >= 15 is 0 Å². The molecule has 0 fully saturated rings. The standard InChI is InChI=1S/C6H13NO2.ClH/c1-3-5(7-2)4-6(8)9;/h5,7H,3-4H2,1-2H3,(H,8,9);1H/t5-;/m0./s1. The molecule has 0 rings (SSSR count). The van der Waals surface area contributed by atoms with Crippen LogP contribution in [-0.4, -0.2) is 24.2 Å². The molecule has 0 aromatic rings. The van der Waals surface area contributed by atoms with E-state index in [9.17, 15) is 4.79 Å². The second kappa shape index (κ2) is 6.83. The zero-order valence-electron chi connectivity index (χ0n) is 6.26. The summed E-state index contributed by atoms with van der Waals surface area (Å²) in [6.07, 6.45) is 1.08. The Morgan fingerprint density at radius 2 is 2.20 bits per heavy atom. The minimum absolute atomic E-state index is 0. The lowest BCUT2D eigenvalue weighted by molar-refractivity contribution is -0.137. The summed E-state index contributed by atoms with van der Waals surface area (Å²) in [5.74, 6) is -0.740. The third-order valence-electron chi connectivity index (χ3n) is 1.32. The van der Waals surface area contributed by atoms with E-state index < -0.39 is 5.97 Å². The number of hydrogen-bond donors (Lipinski definition) is 2. The van der Waals surface area contributed by atoms with E-state index in [1.165, 1.54) is 0 Å². The van der Waals surface area contributed by atoms with Crippen LogP contribution in [0.4, 0.5) is 0 Å². The van der Waals surface area contributed by atoms with Crippen LogP contribution in [0.5, 0.6) is 0 Å². The summed E-state index contributed by atoms with van der Waals surface area (Å²) in [5.41, 5.74) is 0. The fourth-order valence-corrected chi connectivity index (χ4v) is 0.661. The van der Waals surface area contributed by atoms with Crippen molar-refractivity contribution in [2.75, 3.05) is 7.05 Å². The molecular weight excluding hydrogens is 154 g/mol. The molecule has 10 heavy (non-hydrogen) atoms. The van der Waals surface area contributed by atoms with Crippen molar-refractivity contribution >= 4 is 18.4 Å². The maximum atomic E-state index is 10.1. The molecule has 0 heterocycles. The predicted octanol–water partition coefficient (Wildman–Crippen LogP) is 0.881. The van der Waals surface area contributed by atoms with Crippen LogP contribution < -0.4 is 5.32 Å². The first-order chi connectivity index (χ1) is 4.20. The monoisotopic (exact) mass is 167 g/mol. The Balaban J connectivity index is 0. The van der Waals surface area contributed by atoms with E-state index in [0.29, 0.717) is 0 Å². The number of hydrogen-bond acceptors (Lipinski definition) is 2. The molecule has 62 valence electrons. The third kappa shape index (κ3) is 5.85. The van der Waals surface area contributed by atoms with Gasteiger partial charge in [0.1, 0.15) is 0 Å². The van der Waals surface area contributed by atoms with Gasteiger partial charge in [-0.15, -0.1) is 12.4 Å². The Morgan fingerprint density at radius 1 is 1.70 bits per heavy atom. The van der Waals surface area contributed by atoms with Crippen LogP contribution in [0.3, 0.4) is 0 Å². The van der Waals surface area contributed by atoms with Crippen molar-refractivity contribution in [1.29, 1.82) is 0 Å². The van der Waals surface area contributed by atoms with E-state index in [1.54, 1.807) is 7.05 Å². The molecule has 0 aliphatic carbocycles. The molecule has 0 saturated heterocycles. The summed E-state index contributed by atoms with van der Waals surface area (Å²) in [4.78, 5) is 10.1. The first-order valence-electron chi connectivity index (χ1n) is 3.09. The maximum absolute atomic E-state index is 10.1. The molecule has 0 aliphatic rings. The molecule has 0 radical (unpaired) electrons. The summed E-state index contributed by atoms with van der Waals surface area (Å²) in [7, 11) is 1.77. The predicted molar refractivity (Wildman–Crippen MR) is 42.6 cm³/mol.